The number of carbonyl (C=O) groups excluding carboxylic acids is 2. The van der Waals surface area contributed by atoms with E-state index in [-0.39, 0.29) is 23.0 Å². The summed E-state index contributed by atoms with van der Waals surface area (Å²) in [6.07, 6.45) is 9.57. The first-order valence-electron chi connectivity index (χ1n) is 15.4. The van der Waals surface area contributed by atoms with Gasteiger partial charge in [-0.15, -0.1) is 0 Å². The van der Waals surface area contributed by atoms with Gasteiger partial charge in [-0.3, -0.25) is 9.52 Å². The second-order valence-electron chi connectivity index (χ2n) is 12.0. The minimum absolute atomic E-state index is 0.0594. The third-order valence-corrected chi connectivity index (χ3v) is 11.2. The molecule has 2 bridgehead atoms. The van der Waals surface area contributed by atoms with Crippen molar-refractivity contribution in [3.8, 4) is 5.75 Å². The van der Waals surface area contributed by atoms with Crippen LogP contribution in [0, 0.1) is 17.8 Å². The molecule has 3 aliphatic rings. The standard InChI is InChI=1S/C33H43ClN2O4S/c1-3-7-22-16-27(34)12-14-29(22)26-19-36-18-24-10-13-30(24)25(20-37)8-5-6-9-28(4-2)41(39)35-33(38)23-11-15-32(40-21-26)31(36)17-23/h11-12,14-17,20,24-26,28,30H,3-10,13,18-19,21H2,1-2H3,(H,35,38). The number of nitrogens with zero attached hydrogens (tertiary/aromatic N) is 1. The van der Waals surface area contributed by atoms with Crippen LogP contribution in [0.25, 0.3) is 0 Å². The number of fused-ring (bicyclic) bond motifs is 2. The first-order valence-corrected chi connectivity index (χ1v) is 17.0. The van der Waals surface area contributed by atoms with Crippen LogP contribution in [-0.4, -0.2) is 41.3 Å². The lowest BCUT2D eigenvalue weighted by molar-refractivity contribution is -0.115. The van der Waals surface area contributed by atoms with E-state index in [1.54, 1.807) is 6.07 Å². The van der Waals surface area contributed by atoms with Crippen LogP contribution in [0.15, 0.2) is 36.4 Å². The van der Waals surface area contributed by atoms with Gasteiger partial charge < -0.3 is 14.4 Å². The SMILES string of the molecule is CCCc1cc(Cl)ccc1C1COc2ccc3cc2N(C1)CC1CCC1C(C=O)CCCCC(CC)S(=O)NC3=O. The Balaban J connectivity index is 1.51. The molecule has 2 aromatic rings. The average Bonchev–Trinajstić information content (AvgIpc) is 3.13. The van der Waals surface area contributed by atoms with E-state index in [0.717, 1.165) is 87.3 Å². The molecule has 8 heteroatoms. The predicted octanol–water partition coefficient (Wildman–Crippen LogP) is 6.86. The number of amides is 1. The smallest absolute Gasteiger partial charge is 0.263 e. The van der Waals surface area contributed by atoms with Gasteiger partial charge in [0.2, 0.25) is 0 Å². The van der Waals surface area contributed by atoms with Crippen LogP contribution < -0.4 is 14.4 Å². The molecule has 0 saturated heterocycles. The third kappa shape index (κ3) is 6.83. The molecule has 1 saturated carbocycles. The number of anilines is 1. The van der Waals surface area contributed by atoms with Gasteiger partial charge in [0.25, 0.3) is 5.91 Å². The van der Waals surface area contributed by atoms with Gasteiger partial charge in [0.1, 0.15) is 23.0 Å². The number of halogens is 1. The van der Waals surface area contributed by atoms with Crippen molar-refractivity contribution in [2.24, 2.45) is 17.8 Å². The largest absolute Gasteiger partial charge is 0.491 e. The van der Waals surface area contributed by atoms with Crippen molar-refractivity contribution >= 4 is 40.5 Å². The van der Waals surface area contributed by atoms with Gasteiger partial charge in [0.05, 0.1) is 17.5 Å². The van der Waals surface area contributed by atoms with E-state index < -0.39 is 11.0 Å². The summed E-state index contributed by atoms with van der Waals surface area (Å²) < 4.78 is 22.3. The first-order chi connectivity index (χ1) is 19.9. The molecule has 0 radical (unpaired) electrons. The molecule has 2 aliphatic heterocycles. The number of hydrogen-bond donors (Lipinski definition) is 1. The van der Waals surface area contributed by atoms with Crippen molar-refractivity contribution < 1.29 is 18.5 Å². The summed E-state index contributed by atoms with van der Waals surface area (Å²) in [5.74, 6) is 1.42. The van der Waals surface area contributed by atoms with Crippen molar-refractivity contribution in [1.29, 1.82) is 0 Å². The van der Waals surface area contributed by atoms with Crippen LogP contribution in [0.2, 0.25) is 5.02 Å². The van der Waals surface area contributed by atoms with Gasteiger partial charge in [0.15, 0.2) is 0 Å². The summed E-state index contributed by atoms with van der Waals surface area (Å²) in [5, 5.41) is 0.645. The Morgan fingerprint density at radius 2 is 1.90 bits per heavy atom. The van der Waals surface area contributed by atoms with Crippen molar-refractivity contribution in [3.05, 3.63) is 58.1 Å². The Labute approximate surface area is 252 Å². The van der Waals surface area contributed by atoms with E-state index in [9.17, 15) is 13.8 Å². The highest BCUT2D eigenvalue weighted by atomic mass is 35.5. The fourth-order valence-corrected chi connectivity index (χ4v) is 8.30. The Kier molecular flexibility index (Phi) is 10.1. The monoisotopic (exact) mass is 598 g/mol. The number of ether oxygens (including phenoxy) is 1. The quantitative estimate of drug-likeness (QED) is 0.380. The second-order valence-corrected chi connectivity index (χ2v) is 13.9. The van der Waals surface area contributed by atoms with Crippen LogP contribution in [-0.2, 0) is 22.2 Å². The first kappa shape index (κ1) is 30.1. The predicted molar refractivity (Wildman–Crippen MR) is 166 cm³/mol. The molecule has 2 heterocycles. The molecule has 0 aromatic heterocycles. The third-order valence-electron chi connectivity index (χ3n) is 9.43. The van der Waals surface area contributed by atoms with Gasteiger partial charge in [-0.1, -0.05) is 50.8 Å². The van der Waals surface area contributed by atoms with Crippen molar-refractivity contribution in [3.63, 3.8) is 0 Å². The molecule has 1 N–H and O–H groups in total. The van der Waals surface area contributed by atoms with Crippen molar-refractivity contribution in [2.45, 2.75) is 82.8 Å². The van der Waals surface area contributed by atoms with E-state index in [4.69, 9.17) is 16.3 Å². The highest BCUT2D eigenvalue weighted by molar-refractivity contribution is 7.84. The molecule has 5 rings (SSSR count). The number of benzene rings is 2. The topological polar surface area (TPSA) is 75.7 Å². The van der Waals surface area contributed by atoms with Crippen LogP contribution in [0.4, 0.5) is 5.69 Å². The zero-order chi connectivity index (χ0) is 28.9. The summed E-state index contributed by atoms with van der Waals surface area (Å²) >= 11 is 6.39. The van der Waals surface area contributed by atoms with Crippen molar-refractivity contribution in [1.82, 2.24) is 4.72 Å². The Bertz CT molecular complexity index is 1270. The fourth-order valence-electron chi connectivity index (χ4n) is 6.95. The lowest BCUT2D eigenvalue weighted by atomic mass is 9.66. The van der Waals surface area contributed by atoms with Gasteiger partial charge in [-0.2, -0.15) is 0 Å². The average molecular weight is 599 g/mol. The van der Waals surface area contributed by atoms with E-state index >= 15 is 0 Å². The molecular weight excluding hydrogens is 556 g/mol. The number of aryl methyl sites for hydroxylation is 1. The second kappa shape index (κ2) is 13.7. The molecule has 222 valence electrons. The maximum absolute atomic E-state index is 13.3. The Morgan fingerprint density at radius 1 is 1.07 bits per heavy atom. The summed E-state index contributed by atoms with van der Waals surface area (Å²) in [5.41, 5.74) is 3.89. The minimum atomic E-state index is -1.47. The molecule has 6 nitrogen and oxygen atoms in total. The highest BCUT2D eigenvalue weighted by Crippen LogP contribution is 2.44. The molecule has 1 amide bonds. The summed E-state index contributed by atoms with van der Waals surface area (Å²) in [7, 11) is -1.47. The molecular formula is C33H43ClN2O4S. The zero-order valence-electron chi connectivity index (χ0n) is 24.3. The van der Waals surface area contributed by atoms with Gasteiger partial charge in [-0.05, 0) is 91.8 Å². The van der Waals surface area contributed by atoms with Gasteiger partial charge in [-0.25, -0.2) is 4.21 Å². The number of carbonyl (C=O) groups is 2. The van der Waals surface area contributed by atoms with Crippen LogP contribution >= 0.6 is 11.6 Å². The molecule has 1 fully saturated rings. The molecule has 1 aliphatic carbocycles. The van der Waals surface area contributed by atoms with Gasteiger partial charge in [0, 0.05) is 35.5 Å². The van der Waals surface area contributed by atoms with E-state index in [0.29, 0.717) is 24.0 Å². The molecule has 6 unspecified atom stereocenters. The lowest BCUT2D eigenvalue weighted by Gasteiger charge is -2.43. The van der Waals surface area contributed by atoms with E-state index in [1.807, 2.05) is 25.1 Å². The summed E-state index contributed by atoms with van der Waals surface area (Å²) in [6, 6.07) is 11.7. The van der Waals surface area contributed by atoms with Crippen molar-refractivity contribution in [2.75, 3.05) is 24.6 Å². The maximum Gasteiger partial charge on any atom is 0.263 e. The van der Waals surface area contributed by atoms with E-state index in [2.05, 4.69) is 28.7 Å². The Morgan fingerprint density at radius 3 is 2.63 bits per heavy atom. The number of nitrogens with one attached hydrogen (secondary N) is 1. The molecule has 6 atom stereocenters. The number of aldehydes is 1. The fraction of sp³-hybridized carbons (Fsp3) is 0.576. The normalized spacial score (nSPS) is 28.9. The molecule has 41 heavy (non-hydrogen) atoms. The van der Waals surface area contributed by atoms with Crippen LogP contribution in [0.1, 0.15) is 92.6 Å². The summed E-state index contributed by atoms with van der Waals surface area (Å²) in [6.45, 7) is 6.28. The lowest BCUT2D eigenvalue weighted by Crippen LogP contribution is -2.43. The zero-order valence-corrected chi connectivity index (χ0v) is 25.9. The van der Waals surface area contributed by atoms with Crippen LogP contribution in [0.3, 0.4) is 0 Å². The summed E-state index contributed by atoms with van der Waals surface area (Å²) in [4.78, 5) is 27.9. The minimum Gasteiger partial charge on any atom is -0.491 e. The maximum atomic E-state index is 13.3. The van der Waals surface area contributed by atoms with Gasteiger partial charge >= 0.3 is 0 Å². The molecule has 0 spiro atoms. The Hall–Kier alpha value is -2.38. The van der Waals surface area contributed by atoms with E-state index in [1.165, 1.54) is 17.4 Å². The van der Waals surface area contributed by atoms with Crippen LogP contribution in [0.5, 0.6) is 5.75 Å². The molecule has 2 aromatic carbocycles. The number of hydrogen-bond acceptors (Lipinski definition) is 5. The highest BCUT2D eigenvalue weighted by Gasteiger charge is 2.39. The number of rotatable bonds is 5.